The number of carbonyl (C=O) groups excluding carboxylic acids is 1. The quantitative estimate of drug-likeness (QED) is 0.668. The lowest BCUT2D eigenvalue weighted by Gasteiger charge is -2.21. The molecule has 0 saturated carbocycles. The zero-order chi connectivity index (χ0) is 19.1. The zero-order valence-corrected chi connectivity index (χ0v) is 15.1. The SMILES string of the molecule is CN(CCc1ccccn1)c1ncccc1CNC(=O)c1ccc[nH]c1=O. The number of amides is 1. The van der Waals surface area contributed by atoms with Crippen LogP contribution in [0, 0.1) is 0 Å². The van der Waals surface area contributed by atoms with Crippen molar-refractivity contribution in [3.8, 4) is 0 Å². The molecule has 0 radical (unpaired) electrons. The number of aromatic nitrogens is 3. The van der Waals surface area contributed by atoms with Crippen LogP contribution in [0.2, 0.25) is 0 Å². The smallest absolute Gasteiger partial charge is 0.260 e. The molecular weight excluding hydrogens is 342 g/mol. The Kier molecular flexibility index (Phi) is 5.94. The number of aromatic amines is 1. The fourth-order valence-corrected chi connectivity index (χ4v) is 2.72. The number of anilines is 1. The number of hydrogen-bond acceptors (Lipinski definition) is 5. The van der Waals surface area contributed by atoms with Gasteiger partial charge in [-0.05, 0) is 30.3 Å². The van der Waals surface area contributed by atoms with Gasteiger partial charge in [0.05, 0.1) is 0 Å². The number of H-pyrrole nitrogens is 1. The molecule has 0 spiro atoms. The second kappa shape index (κ2) is 8.75. The van der Waals surface area contributed by atoms with Crippen LogP contribution in [0.3, 0.4) is 0 Å². The summed E-state index contributed by atoms with van der Waals surface area (Å²) < 4.78 is 0. The Hall–Kier alpha value is -3.48. The van der Waals surface area contributed by atoms with Crippen molar-refractivity contribution in [2.45, 2.75) is 13.0 Å². The number of nitrogens with zero attached hydrogens (tertiary/aromatic N) is 3. The molecule has 138 valence electrons. The van der Waals surface area contributed by atoms with Gasteiger partial charge in [-0.1, -0.05) is 12.1 Å². The van der Waals surface area contributed by atoms with E-state index < -0.39 is 11.5 Å². The van der Waals surface area contributed by atoms with Gasteiger partial charge in [0.2, 0.25) is 0 Å². The summed E-state index contributed by atoms with van der Waals surface area (Å²) in [5, 5.41) is 2.79. The molecular formula is C20H21N5O2. The number of rotatable bonds is 7. The maximum absolute atomic E-state index is 12.3. The fourth-order valence-electron chi connectivity index (χ4n) is 2.72. The summed E-state index contributed by atoms with van der Waals surface area (Å²) in [5.74, 6) is 0.374. The van der Waals surface area contributed by atoms with Crippen LogP contribution in [0.15, 0.2) is 65.8 Å². The van der Waals surface area contributed by atoms with E-state index in [0.29, 0.717) is 0 Å². The minimum absolute atomic E-state index is 0.0893. The standard InChI is InChI=1S/C20H21N5O2/c1-25(13-9-16-7-2-3-10-21-16)18-15(6-4-11-22-18)14-24-20(27)17-8-5-12-23-19(17)26/h2-8,10-12H,9,13-14H2,1H3,(H,23,26)(H,24,27). The minimum Gasteiger partial charge on any atom is -0.359 e. The summed E-state index contributed by atoms with van der Waals surface area (Å²) in [4.78, 5) is 37.3. The summed E-state index contributed by atoms with van der Waals surface area (Å²) >= 11 is 0. The first-order valence-electron chi connectivity index (χ1n) is 8.66. The van der Waals surface area contributed by atoms with Crippen LogP contribution < -0.4 is 15.8 Å². The third-order valence-corrected chi connectivity index (χ3v) is 4.16. The lowest BCUT2D eigenvalue weighted by Crippen LogP contribution is -2.30. The monoisotopic (exact) mass is 363 g/mol. The zero-order valence-electron chi connectivity index (χ0n) is 15.1. The lowest BCUT2D eigenvalue weighted by atomic mass is 10.2. The van der Waals surface area contributed by atoms with Crippen LogP contribution >= 0.6 is 0 Å². The van der Waals surface area contributed by atoms with Crippen LogP contribution in [-0.4, -0.2) is 34.5 Å². The minimum atomic E-state index is -0.414. The molecule has 0 aliphatic carbocycles. The van der Waals surface area contributed by atoms with Crippen LogP contribution in [0.5, 0.6) is 0 Å². The largest absolute Gasteiger partial charge is 0.359 e. The number of likely N-dealkylation sites (N-methyl/N-ethyl adjacent to an activating group) is 1. The topological polar surface area (TPSA) is 91.0 Å². The average molecular weight is 363 g/mol. The van der Waals surface area contributed by atoms with E-state index in [0.717, 1.165) is 30.0 Å². The maximum Gasteiger partial charge on any atom is 0.260 e. The Morgan fingerprint density at radius 2 is 1.96 bits per heavy atom. The summed E-state index contributed by atoms with van der Waals surface area (Å²) in [6, 6.07) is 12.7. The summed E-state index contributed by atoms with van der Waals surface area (Å²) in [5.41, 5.74) is 1.57. The van der Waals surface area contributed by atoms with Gasteiger partial charge in [0.15, 0.2) is 0 Å². The van der Waals surface area contributed by atoms with Gasteiger partial charge in [0.25, 0.3) is 11.5 Å². The van der Waals surface area contributed by atoms with Crippen molar-refractivity contribution >= 4 is 11.7 Å². The third kappa shape index (κ3) is 4.78. The van der Waals surface area contributed by atoms with Crippen LogP contribution in [0.4, 0.5) is 5.82 Å². The molecule has 0 atom stereocenters. The molecule has 7 nitrogen and oxygen atoms in total. The van der Waals surface area contributed by atoms with E-state index in [4.69, 9.17) is 0 Å². The summed E-state index contributed by atoms with van der Waals surface area (Å²) in [7, 11) is 1.96. The summed E-state index contributed by atoms with van der Waals surface area (Å²) in [6.07, 6.45) is 5.79. The van der Waals surface area contributed by atoms with Crippen molar-refractivity contribution in [1.82, 2.24) is 20.3 Å². The summed E-state index contributed by atoms with van der Waals surface area (Å²) in [6.45, 7) is 1.03. The highest BCUT2D eigenvalue weighted by molar-refractivity contribution is 5.93. The molecule has 0 aliphatic heterocycles. The molecule has 0 bridgehead atoms. The van der Waals surface area contributed by atoms with Crippen molar-refractivity contribution < 1.29 is 4.79 Å². The molecule has 3 aromatic heterocycles. The molecule has 0 fully saturated rings. The highest BCUT2D eigenvalue weighted by atomic mass is 16.2. The van der Waals surface area contributed by atoms with Crippen LogP contribution in [-0.2, 0) is 13.0 Å². The molecule has 2 N–H and O–H groups in total. The van der Waals surface area contributed by atoms with Crippen LogP contribution in [0.25, 0.3) is 0 Å². The van der Waals surface area contributed by atoms with E-state index in [1.165, 1.54) is 12.3 Å². The second-order valence-corrected chi connectivity index (χ2v) is 6.07. The van der Waals surface area contributed by atoms with Gasteiger partial charge in [0, 0.05) is 56.4 Å². The van der Waals surface area contributed by atoms with Crippen molar-refractivity contribution in [3.05, 3.63) is 88.2 Å². The number of pyridine rings is 3. The molecule has 3 aromatic rings. The van der Waals surface area contributed by atoms with Gasteiger partial charge in [-0.3, -0.25) is 14.6 Å². The molecule has 0 unspecified atom stereocenters. The van der Waals surface area contributed by atoms with E-state index in [1.807, 2.05) is 42.3 Å². The Morgan fingerprint density at radius 3 is 2.74 bits per heavy atom. The second-order valence-electron chi connectivity index (χ2n) is 6.07. The molecule has 0 aliphatic rings. The first kappa shape index (κ1) is 18.3. The maximum atomic E-state index is 12.3. The number of carbonyl (C=O) groups is 1. The highest BCUT2D eigenvalue weighted by Crippen LogP contribution is 2.16. The van der Waals surface area contributed by atoms with E-state index in [9.17, 15) is 9.59 Å². The lowest BCUT2D eigenvalue weighted by molar-refractivity contribution is 0.0949. The normalized spacial score (nSPS) is 10.4. The first-order valence-corrected chi connectivity index (χ1v) is 8.66. The van der Waals surface area contributed by atoms with E-state index in [1.54, 1.807) is 18.5 Å². The molecule has 0 saturated heterocycles. The molecule has 3 rings (SSSR count). The van der Waals surface area contributed by atoms with Gasteiger partial charge in [0.1, 0.15) is 11.4 Å². The highest BCUT2D eigenvalue weighted by Gasteiger charge is 2.13. The fraction of sp³-hybridized carbons (Fsp3) is 0.200. The molecule has 27 heavy (non-hydrogen) atoms. The van der Waals surface area contributed by atoms with E-state index in [-0.39, 0.29) is 12.1 Å². The third-order valence-electron chi connectivity index (χ3n) is 4.16. The van der Waals surface area contributed by atoms with Crippen molar-refractivity contribution in [2.24, 2.45) is 0 Å². The van der Waals surface area contributed by atoms with Gasteiger partial charge >= 0.3 is 0 Å². The Bertz CT molecular complexity index is 956. The number of nitrogens with one attached hydrogen (secondary N) is 2. The van der Waals surface area contributed by atoms with E-state index in [2.05, 4.69) is 20.3 Å². The Morgan fingerprint density at radius 1 is 1.11 bits per heavy atom. The Labute approximate surface area is 157 Å². The Balaban J connectivity index is 1.65. The number of hydrogen-bond donors (Lipinski definition) is 2. The molecule has 1 amide bonds. The molecule has 0 aromatic carbocycles. The van der Waals surface area contributed by atoms with Gasteiger partial charge < -0.3 is 15.2 Å². The average Bonchev–Trinajstić information content (AvgIpc) is 2.71. The van der Waals surface area contributed by atoms with Crippen molar-refractivity contribution in [3.63, 3.8) is 0 Å². The molecule has 7 heteroatoms. The van der Waals surface area contributed by atoms with Crippen molar-refractivity contribution in [1.29, 1.82) is 0 Å². The van der Waals surface area contributed by atoms with Gasteiger partial charge in [-0.15, -0.1) is 0 Å². The first-order chi connectivity index (χ1) is 13.1. The van der Waals surface area contributed by atoms with E-state index >= 15 is 0 Å². The van der Waals surface area contributed by atoms with Gasteiger partial charge in [-0.25, -0.2) is 4.98 Å². The van der Waals surface area contributed by atoms with Crippen molar-refractivity contribution in [2.75, 3.05) is 18.5 Å². The predicted molar refractivity (Wildman–Crippen MR) is 104 cm³/mol. The van der Waals surface area contributed by atoms with Gasteiger partial charge in [-0.2, -0.15) is 0 Å². The van der Waals surface area contributed by atoms with Crippen LogP contribution in [0.1, 0.15) is 21.6 Å². The molecule has 3 heterocycles. The predicted octanol–water partition coefficient (Wildman–Crippen LogP) is 1.77.